The van der Waals surface area contributed by atoms with Crippen LogP contribution in [0.2, 0.25) is 0 Å². The number of aliphatic carboxylic acids is 1. The Hall–Kier alpha value is -1.16. The molecule has 1 aromatic rings. The fourth-order valence-electron chi connectivity index (χ4n) is 1.30. The summed E-state index contributed by atoms with van der Waals surface area (Å²) in [6, 6.07) is 7.51. The topological polar surface area (TPSA) is 54.4 Å². The lowest BCUT2D eigenvalue weighted by atomic mass is 10.0. The van der Waals surface area contributed by atoms with E-state index in [1.54, 1.807) is 0 Å². The van der Waals surface area contributed by atoms with E-state index in [1.807, 2.05) is 24.3 Å². The van der Waals surface area contributed by atoms with Crippen LogP contribution >= 0.6 is 0 Å². The molecule has 0 amide bonds. The quantitative estimate of drug-likeness (QED) is 0.859. The number of hydrogen-bond donors (Lipinski definition) is 1. The van der Waals surface area contributed by atoms with Crippen LogP contribution in [0.3, 0.4) is 0 Å². The lowest BCUT2D eigenvalue weighted by Crippen LogP contribution is -2.04. The maximum absolute atomic E-state index is 11.7. The first-order chi connectivity index (χ1) is 7.50. The Morgan fingerprint density at radius 3 is 2.31 bits per heavy atom. The Balaban J connectivity index is 2.66. The summed E-state index contributed by atoms with van der Waals surface area (Å²) in [5.41, 5.74) is 1.19. The number of benzene rings is 1. The van der Waals surface area contributed by atoms with Gasteiger partial charge >= 0.3 is 5.97 Å². The average Bonchev–Trinajstić information content (AvgIpc) is 2.26. The molecule has 3 nitrogen and oxygen atoms in total. The Morgan fingerprint density at radius 2 is 1.88 bits per heavy atom. The smallest absolute Gasteiger partial charge is 0.304 e. The summed E-state index contributed by atoms with van der Waals surface area (Å²) < 4.78 is 11.7. The largest absolute Gasteiger partial charge is 0.481 e. The molecule has 1 N–H and O–H groups in total. The van der Waals surface area contributed by atoms with Gasteiger partial charge < -0.3 is 5.11 Å². The van der Waals surface area contributed by atoms with Crippen molar-refractivity contribution in [2.24, 2.45) is 0 Å². The van der Waals surface area contributed by atoms with Crippen LogP contribution in [0.15, 0.2) is 29.2 Å². The van der Waals surface area contributed by atoms with E-state index in [1.165, 1.54) is 5.56 Å². The fourth-order valence-corrected chi connectivity index (χ4v) is 2.34. The molecular weight excluding hydrogens is 224 g/mol. The molecule has 0 fully saturated rings. The normalized spacial score (nSPS) is 12.7. The monoisotopic (exact) mass is 240 g/mol. The molecule has 88 valence electrons. The van der Waals surface area contributed by atoms with Crippen LogP contribution in [0.5, 0.6) is 0 Å². The molecule has 4 heteroatoms. The third-order valence-electron chi connectivity index (χ3n) is 2.31. The van der Waals surface area contributed by atoms with Gasteiger partial charge in [0.05, 0.1) is 17.2 Å². The van der Waals surface area contributed by atoms with E-state index in [2.05, 4.69) is 13.8 Å². The molecule has 0 spiro atoms. The van der Waals surface area contributed by atoms with Crippen molar-refractivity contribution in [1.82, 2.24) is 0 Å². The molecule has 1 rings (SSSR count). The maximum atomic E-state index is 11.7. The van der Waals surface area contributed by atoms with Crippen molar-refractivity contribution in [2.45, 2.75) is 31.1 Å². The second kappa shape index (κ2) is 5.80. The lowest BCUT2D eigenvalue weighted by molar-refractivity contribution is -0.136. The van der Waals surface area contributed by atoms with Crippen LogP contribution in [0.1, 0.15) is 31.7 Å². The van der Waals surface area contributed by atoms with E-state index in [9.17, 15) is 9.00 Å². The summed E-state index contributed by atoms with van der Waals surface area (Å²) in [6.45, 7) is 4.19. The van der Waals surface area contributed by atoms with Gasteiger partial charge in [-0.25, -0.2) is 0 Å². The van der Waals surface area contributed by atoms with E-state index >= 15 is 0 Å². The number of hydrogen-bond acceptors (Lipinski definition) is 2. The molecule has 0 aromatic heterocycles. The van der Waals surface area contributed by atoms with Crippen molar-refractivity contribution in [3.05, 3.63) is 29.8 Å². The van der Waals surface area contributed by atoms with Gasteiger partial charge in [0.1, 0.15) is 0 Å². The molecule has 0 heterocycles. The van der Waals surface area contributed by atoms with Gasteiger partial charge in [-0.05, 0) is 23.6 Å². The van der Waals surface area contributed by atoms with Gasteiger partial charge in [-0.2, -0.15) is 0 Å². The fraction of sp³-hybridized carbons (Fsp3) is 0.417. The van der Waals surface area contributed by atoms with Gasteiger partial charge in [0.25, 0.3) is 0 Å². The van der Waals surface area contributed by atoms with Crippen LogP contribution in [-0.2, 0) is 15.6 Å². The summed E-state index contributed by atoms with van der Waals surface area (Å²) in [5.74, 6) is -0.287. The number of carboxylic acids is 1. The minimum absolute atomic E-state index is 0.0570. The van der Waals surface area contributed by atoms with Crippen molar-refractivity contribution >= 4 is 16.8 Å². The lowest BCUT2D eigenvalue weighted by Gasteiger charge is -2.06. The molecule has 0 radical (unpaired) electrons. The molecule has 0 saturated heterocycles. The number of carboxylic acid groups (broad SMARTS) is 1. The maximum Gasteiger partial charge on any atom is 0.304 e. The van der Waals surface area contributed by atoms with Crippen molar-refractivity contribution in [3.63, 3.8) is 0 Å². The second-order valence-corrected chi connectivity index (χ2v) is 5.49. The van der Waals surface area contributed by atoms with Gasteiger partial charge in [-0.15, -0.1) is 0 Å². The van der Waals surface area contributed by atoms with Crippen LogP contribution in [0, 0.1) is 0 Å². The Morgan fingerprint density at radius 1 is 1.31 bits per heavy atom. The van der Waals surface area contributed by atoms with E-state index in [0.29, 0.717) is 10.8 Å². The van der Waals surface area contributed by atoms with Crippen molar-refractivity contribution < 1.29 is 14.1 Å². The Kier molecular flexibility index (Phi) is 4.68. The molecule has 0 bridgehead atoms. The average molecular weight is 240 g/mol. The summed E-state index contributed by atoms with van der Waals surface area (Å²) in [5, 5.41) is 8.49. The summed E-state index contributed by atoms with van der Waals surface area (Å²) in [7, 11) is -1.21. The third-order valence-corrected chi connectivity index (χ3v) is 3.68. The van der Waals surface area contributed by atoms with Crippen molar-refractivity contribution in [3.8, 4) is 0 Å². The van der Waals surface area contributed by atoms with Gasteiger partial charge in [0.2, 0.25) is 0 Å². The predicted molar refractivity (Wildman–Crippen MR) is 64.1 cm³/mol. The first-order valence-corrected chi connectivity index (χ1v) is 6.52. The number of rotatable bonds is 5. The molecular formula is C12H16O3S. The molecule has 0 aliphatic heterocycles. The molecule has 16 heavy (non-hydrogen) atoms. The second-order valence-electron chi connectivity index (χ2n) is 3.92. The van der Waals surface area contributed by atoms with Crippen molar-refractivity contribution in [1.29, 1.82) is 0 Å². The summed E-state index contributed by atoms with van der Waals surface area (Å²) in [4.78, 5) is 11.0. The predicted octanol–water partition coefficient (Wildman–Crippen LogP) is 2.39. The van der Waals surface area contributed by atoms with E-state index in [-0.39, 0.29) is 12.2 Å². The minimum Gasteiger partial charge on any atom is -0.481 e. The molecule has 1 atom stereocenters. The van der Waals surface area contributed by atoms with Crippen LogP contribution < -0.4 is 0 Å². The first-order valence-electron chi connectivity index (χ1n) is 5.21. The van der Waals surface area contributed by atoms with Crippen LogP contribution in [-0.4, -0.2) is 21.0 Å². The van der Waals surface area contributed by atoms with Crippen LogP contribution in [0.4, 0.5) is 0 Å². The Bertz CT molecular complexity index is 382. The van der Waals surface area contributed by atoms with Gasteiger partial charge in [0, 0.05) is 10.6 Å². The van der Waals surface area contributed by atoms with E-state index in [4.69, 9.17) is 5.11 Å². The number of carbonyl (C=O) groups is 1. The molecule has 1 unspecified atom stereocenters. The highest BCUT2D eigenvalue weighted by Crippen LogP contribution is 2.16. The Labute approximate surface area is 98.0 Å². The summed E-state index contributed by atoms with van der Waals surface area (Å²) in [6.07, 6.45) is -0.0570. The highest BCUT2D eigenvalue weighted by Gasteiger charge is 2.07. The SMILES string of the molecule is CC(C)c1ccc(S(=O)CCC(=O)O)cc1. The zero-order valence-electron chi connectivity index (χ0n) is 9.47. The standard InChI is InChI=1S/C12H16O3S/c1-9(2)10-3-5-11(6-4-10)16(15)8-7-12(13)14/h3-6,9H,7-8H2,1-2H3,(H,13,14). The van der Waals surface area contributed by atoms with E-state index in [0.717, 1.165) is 0 Å². The summed E-state index contributed by atoms with van der Waals surface area (Å²) >= 11 is 0. The van der Waals surface area contributed by atoms with Crippen molar-refractivity contribution in [2.75, 3.05) is 5.75 Å². The van der Waals surface area contributed by atoms with Gasteiger partial charge in [-0.3, -0.25) is 9.00 Å². The van der Waals surface area contributed by atoms with Crippen LogP contribution in [0.25, 0.3) is 0 Å². The van der Waals surface area contributed by atoms with Gasteiger partial charge in [-0.1, -0.05) is 26.0 Å². The third kappa shape index (κ3) is 3.77. The molecule has 0 saturated carbocycles. The minimum atomic E-state index is -1.21. The highest BCUT2D eigenvalue weighted by atomic mass is 32.2. The first kappa shape index (κ1) is 12.9. The highest BCUT2D eigenvalue weighted by molar-refractivity contribution is 7.85. The van der Waals surface area contributed by atoms with E-state index < -0.39 is 16.8 Å². The van der Waals surface area contributed by atoms with Gasteiger partial charge in [0.15, 0.2) is 0 Å². The molecule has 1 aromatic carbocycles. The molecule has 0 aliphatic carbocycles. The zero-order chi connectivity index (χ0) is 12.1. The molecule has 0 aliphatic rings. The zero-order valence-corrected chi connectivity index (χ0v) is 10.3.